The number of aliphatic imine (C=N–C) groups is 1. The van der Waals surface area contributed by atoms with Crippen LogP contribution in [0.15, 0.2) is 4.99 Å². The summed E-state index contributed by atoms with van der Waals surface area (Å²) in [5, 5.41) is 6.78. The molecule has 0 saturated carbocycles. The van der Waals surface area contributed by atoms with Crippen LogP contribution in [-0.2, 0) is 9.47 Å². The highest BCUT2D eigenvalue weighted by Gasteiger charge is 2.15. The van der Waals surface area contributed by atoms with Gasteiger partial charge in [0.1, 0.15) is 0 Å². The molecule has 2 N–H and O–H groups in total. The van der Waals surface area contributed by atoms with Gasteiger partial charge in [-0.1, -0.05) is 0 Å². The van der Waals surface area contributed by atoms with E-state index in [1.54, 1.807) is 0 Å². The van der Waals surface area contributed by atoms with Crippen LogP contribution in [-0.4, -0.2) is 101 Å². The van der Waals surface area contributed by atoms with Crippen LogP contribution in [0.25, 0.3) is 0 Å². The number of nitrogens with one attached hydrogen (secondary N) is 2. The highest BCUT2D eigenvalue weighted by molar-refractivity contribution is 14.0. The summed E-state index contributed by atoms with van der Waals surface area (Å²) in [6.07, 6.45) is 4.83. The number of guanidine groups is 1. The molecular formula is C19H40IN5O2. The predicted molar refractivity (Wildman–Crippen MR) is 122 cm³/mol. The lowest BCUT2D eigenvalue weighted by Gasteiger charge is -2.21. The average Bonchev–Trinajstić information content (AvgIpc) is 3.07. The molecule has 2 aliphatic rings. The Morgan fingerprint density at radius 1 is 1.19 bits per heavy atom. The number of ether oxygens (including phenoxy) is 2. The van der Waals surface area contributed by atoms with E-state index in [1.165, 1.54) is 32.5 Å². The summed E-state index contributed by atoms with van der Waals surface area (Å²) in [6, 6.07) is 0. The lowest BCUT2D eigenvalue weighted by Crippen LogP contribution is -2.42. The molecule has 160 valence electrons. The molecule has 0 bridgehead atoms. The lowest BCUT2D eigenvalue weighted by molar-refractivity contribution is 0.0171. The third-order valence-corrected chi connectivity index (χ3v) is 4.92. The summed E-state index contributed by atoms with van der Waals surface area (Å²) in [7, 11) is 2.21. The molecule has 0 spiro atoms. The standard InChI is InChI=1S/C19H39N5O2.HI/c1-3-20-19(21-8-5-15-25-17-18-7-4-16-26-18)22-9-12-24-11-6-10-23(2)13-14-24;/h18H,3-17H2,1-2H3,(H2,20,21,22);1H. The zero-order valence-corrected chi connectivity index (χ0v) is 19.6. The van der Waals surface area contributed by atoms with Crippen molar-refractivity contribution < 1.29 is 9.47 Å². The second-order valence-corrected chi connectivity index (χ2v) is 7.25. The third kappa shape index (κ3) is 11.4. The number of halogens is 1. The molecule has 0 aliphatic carbocycles. The first-order valence-electron chi connectivity index (χ1n) is 10.4. The molecule has 2 aliphatic heterocycles. The Labute approximate surface area is 182 Å². The fourth-order valence-electron chi connectivity index (χ4n) is 3.35. The molecule has 27 heavy (non-hydrogen) atoms. The summed E-state index contributed by atoms with van der Waals surface area (Å²) < 4.78 is 11.3. The minimum atomic E-state index is 0. The minimum Gasteiger partial charge on any atom is -0.379 e. The zero-order valence-electron chi connectivity index (χ0n) is 17.3. The van der Waals surface area contributed by atoms with Crippen molar-refractivity contribution in [2.24, 2.45) is 4.99 Å². The van der Waals surface area contributed by atoms with Gasteiger partial charge in [-0.2, -0.15) is 0 Å². The quantitative estimate of drug-likeness (QED) is 0.206. The number of nitrogens with zero attached hydrogens (tertiary/aromatic N) is 3. The van der Waals surface area contributed by atoms with Gasteiger partial charge in [-0.3, -0.25) is 4.99 Å². The van der Waals surface area contributed by atoms with E-state index >= 15 is 0 Å². The van der Waals surface area contributed by atoms with Gasteiger partial charge in [-0.25, -0.2) is 0 Å². The molecule has 1 unspecified atom stereocenters. The first-order chi connectivity index (χ1) is 12.8. The molecule has 2 fully saturated rings. The Bertz CT molecular complexity index is 394. The van der Waals surface area contributed by atoms with E-state index in [0.717, 1.165) is 71.3 Å². The van der Waals surface area contributed by atoms with Gasteiger partial charge in [0.15, 0.2) is 5.96 Å². The van der Waals surface area contributed by atoms with Crippen LogP contribution >= 0.6 is 24.0 Å². The maximum Gasteiger partial charge on any atom is 0.191 e. The van der Waals surface area contributed by atoms with Crippen molar-refractivity contribution in [1.29, 1.82) is 0 Å². The van der Waals surface area contributed by atoms with Gasteiger partial charge in [0.05, 0.1) is 12.7 Å². The summed E-state index contributed by atoms with van der Waals surface area (Å²) in [6.45, 7) is 12.9. The molecule has 8 heteroatoms. The second kappa shape index (κ2) is 15.7. The van der Waals surface area contributed by atoms with Crippen molar-refractivity contribution in [3.05, 3.63) is 0 Å². The SMILES string of the molecule is CCNC(=NCCCOCC1CCCO1)NCCN1CCCN(C)CC1.I. The molecule has 2 saturated heterocycles. The summed E-state index contributed by atoms with van der Waals surface area (Å²) in [4.78, 5) is 9.61. The van der Waals surface area contributed by atoms with Crippen molar-refractivity contribution in [2.75, 3.05) is 79.2 Å². The van der Waals surface area contributed by atoms with E-state index in [-0.39, 0.29) is 24.0 Å². The fraction of sp³-hybridized carbons (Fsp3) is 0.947. The Balaban J connectivity index is 0.00000364. The largest absolute Gasteiger partial charge is 0.379 e. The molecule has 1 atom stereocenters. The molecular weight excluding hydrogens is 457 g/mol. The maximum absolute atomic E-state index is 5.69. The van der Waals surface area contributed by atoms with Gasteiger partial charge >= 0.3 is 0 Å². The van der Waals surface area contributed by atoms with Crippen LogP contribution in [0.5, 0.6) is 0 Å². The fourth-order valence-corrected chi connectivity index (χ4v) is 3.35. The van der Waals surface area contributed by atoms with Crippen molar-refractivity contribution in [2.45, 2.75) is 38.7 Å². The van der Waals surface area contributed by atoms with Crippen LogP contribution in [0, 0.1) is 0 Å². The minimum absolute atomic E-state index is 0. The molecule has 0 aromatic rings. The third-order valence-electron chi connectivity index (χ3n) is 4.92. The molecule has 0 radical (unpaired) electrons. The van der Waals surface area contributed by atoms with Crippen molar-refractivity contribution in [3.63, 3.8) is 0 Å². The predicted octanol–water partition coefficient (Wildman–Crippen LogP) is 1.38. The van der Waals surface area contributed by atoms with Crippen LogP contribution in [0.1, 0.15) is 32.6 Å². The Hall–Kier alpha value is -0.160. The van der Waals surface area contributed by atoms with Crippen LogP contribution < -0.4 is 10.6 Å². The van der Waals surface area contributed by atoms with E-state index in [2.05, 4.69) is 39.4 Å². The maximum atomic E-state index is 5.69. The topological polar surface area (TPSA) is 61.4 Å². The highest BCUT2D eigenvalue weighted by atomic mass is 127. The number of rotatable bonds is 10. The molecule has 0 aromatic heterocycles. The van der Waals surface area contributed by atoms with E-state index in [0.29, 0.717) is 6.10 Å². The average molecular weight is 497 g/mol. The van der Waals surface area contributed by atoms with Crippen molar-refractivity contribution >= 4 is 29.9 Å². The number of likely N-dealkylation sites (N-methyl/N-ethyl adjacent to an activating group) is 1. The van der Waals surface area contributed by atoms with Crippen molar-refractivity contribution in [3.8, 4) is 0 Å². The van der Waals surface area contributed by atoms with Gasteiger partial charge in [0.2, 0.25) is 0 Å². The van der Waals surface area contributed by atoms with E-state index in [4.69, 9.17) is 9.47 Å². The van der Waals surface area contributed by atoms with E-state index in [1.807, 2.05) is 0 Å². The Morgan fingerprint density at radius 2 is 2.07 bits per heavy atom. The second-order valence-electron chi connectivity index (χ2n) is 7.25. The highest BCUT2D eigenvalue weighted by Crippen LogP contribution is 2.11. The Morgan fingerprint density at radius 3 is 2.85 bits per heavy atom. The molecule has 0 aromatic carbocycles. The summed E-state index contributed by atoms with van der Waals surface area (Å²) in [5.41, 5.74) is 0. The summed E-state index contributed by atoms with van der Waals surface area (Å²) in [5.74, 6) is 0.915. The molecule has 2 rings (SSSR count). The monoisotopic (exact) mass is 497 g/mol. The molecule has 0 amide bonds. The first kappa shape index (κ1) is 24.9. The zero-order chi connectivity index (χ0) is 18.5. The normalized spacial score (nSPS) is 22.3. The van der Waals surface area contributed by atoms with E-state index in [9.17, 15) is 0 Å². The van der Waals surface area contributed by atoms with Crippen molar-refractivity contribution in [1.82, 2.24) is 20.4 Å². The summed E-state index contributed by atoms with van der Waals surface area (Å²) >= 11 is 0. The lowest BCUT2D eigenvalue weighted by atomic mass is 10.2. The first-order valence-corrected chi connectivity index (χ1v) is 10.4. The Kier molecular flexibility index (Phi) is 14.5. The van der Waals surface area contributed by atoms with E-state index < -0.39 is 0 Å². The van der Waals surface area contributed by atoms with Gasteiger partial charge in [-0.05, 0) is 52.7 Å². The van der Waals surface area contributed by atoms with Crippen LogP contribution in [0.2, 0.25) is 0 Å². The van der Waals surface area contributed by atoms with Gasteiger partial charge < -0.3 is 29.9 Å². The van der Waals surface area contributed by atoms with Gasteiger partial charge in [0, 0.05) is 52.5 Å². The number of hydrogen-bond donors (Lipinski definition) is 2. The number of hydrogen-bond acceptors (Lipinski definition) is 5. The van der Waals surface area contributed by atoms with Gasteiger partial charge in [-0.15, -0.1) is 24.0 Å². The van der Waals surface area contributed by atoms with Gasteiger partial charge in [0.25, 0.3) is 0 Å². The van der Waals surface area contributed by atoms with Crippen LogP contribution in [0.4, 0.5) is 0 Å². The molecule has 7 nitrogen and oxygen atoms in total. The van der Waals surface area contributed by atoms with Crippen LogP contribution in [0.3, 0.4) is 0 Å². The molecule has 2 heterocycles. The smallest absolute Gasteiger partial charge is 0.191 e.